The molecular formula is C20H21ClN4O2S2. The molecule has 0 spiro atoms. The molecule has 1 saturated heterocycles. The number of thioether (sulfide) groups is 1. The summed E-state index contributed by atoms with van der Waals surface area (Å²) in [5.74, 6) is 0. The van der Waals surface area contributed by atoms with E-state index in [0.29, 0.717) is 20.1 Å². The molecule has 1 aliphatic heterocycles. The van der Waals surface area contributed by atoms with E-state index in [0.717, 1.165) is 11.1 Å². The Balaban J connectivity index is 1.80. The number of hydrogen-bond acceptors (Lipinski definition) is 5. The smallest absolute Gasteiger partial charge is 0.306 e. The largest absolute Gasteiger partial charge is 0.347 e. The summed E-state index contributed by atoms with van der Waals surface area (Å²) in [5, 5.41) is 20.5. The number of anilines is 1. The molecule has 3 rings (SSSR count). The average molecular weight is 449 g/mol. The first-order valence-electron chi connectivity index (χ1n) is 8.85. The number of aryl methyl sites for hydroxylation is 1. The monoisotopic (exact) mass is 448 g/mol. The molecule has 1 fully saturated rings. The third-order valence-electron chi connectivity index (χ3n) is 4.33. The zero-order valence-corrected chi connectivity index (χ0v) is 18.6. The van der Waals surface area contributed by atoms with Crippen molar-refractivity contribution in [2.45, 2.75) is 31.7 Å². The van der Waals surface area contributed by atoms with Gasteiger partial charge in [0.05, 0.1) is 11.0 Å². The lowest BCUT2D eigenvalue weighted by atomic mass is 10.1. The molecule has 29 heavy (non-hydrogen) atoms. The van der Waals surface area contributed by atoms with Crippen molar-refractivity contribution in [3.05, 3.63) is 64.7 Å². The number of nitrogens with zero attached hydrogens (tertiary/aromatic N) is 3. The van der Waals surface area contributed by atoms with E-state index in [2.05, 4.69) is 10.4 Å². The van der Waals surface area contributed by atoms with Gasteiger partial charge in [-0.05, 0) is 50.6 Å². The Morgan fingerprint density at radius 1 is 1.28 bits per heavy atom. The van der Waals surface area contributed by atoms with Crippen LogP contribution in [0.1, 0.15) is 25.0 Å². The maximum atomic E-state index is 12.6. The number of thiocarbonyl (C=S) groups is 1. The van der Waals surface area contributed by atoms with Gasteiger partial charge in [0.2, 0.25) is 0 Å². The number of nitrogens with one attached hydrogen (secondary N) is 1. The third kappa shape index (κ3) is 5.08. The van der Waals surface area contributed by atoms with Crippen molar-refractivity contribution < 1.29 is 10.0 Å². The van der Waals surface area contributed by atoms with E-state index >= 15 is 0 Å². The van der Waals surface area contributed by atoms with Crippen LogP contribution in [-0.4, -0.2) is 42.8 Å². The zero-order valence-electron chi connectivity index (χ0n) is 16.2. The Kier molecular flexibility index (Phi) is 6.48. The number of amides is 2. The maximum Gasteiger partial charge on any atom is 0.347 e. The number of hydrogen-bond donors (Lipinski definition) is 2. The van der Waals surface area contributed by atoms with E-state index in [1.165, 1.54) is 16.8 Å². The van der Waals surface area contributed by atoms with Crippen molar-refractivity contribution >= 4 is 57.8 Å². The molecule has 9 heteroatoms. The summed E-state index contributed by atoms with van der Waals surface area (Å²) in [6, 6.07) is 13.8. The lowest BCUT2D eigenvalue weighted by molar-refractivity contribution is -0.114. The molecule has 2 aromatic rings. The van der Waals surface area contributed by atoms with Gasteiger partial charge in [-0.3, -0.25) is 5.21 Å². The maximum absolute atomic E-state index is 12.6. The van der Waals surface area contributed by atoms with Crippen LogP contribution >= 0.6 is 35.6 Å². The highest BCUT2D eigenvalue weighted by atomic mass is 35.5. The minimum Gasteiger partial charge on any atom is -0.306 e. The van der Waals surface area contributed by atoms with Crippen LogP contribution < -0.4 is 5.32 Å². The molecule has 0 radical (unpaired) electrons. The minimum absolute atomic E-state index is 0.474. The van der Waals surface area contributed by atoms with E-state index in [1.807, 2.05) is 45.0 Å². The first kappa shape index (κ1) is 21.6. The molecule has 1 heterocycles. The first-order chi connectivity index (χ1) is 13.7. The van der Waals surface area contributed by atoms with Crippen LogP contribution in [0.4, 0.5) is 10.5 Å². The van der Waals surface area contributed by atoms with E-state index in [9.17, 15) is 10.0 Å². The first-order valence-corrected chi connectivity index (χ1v) is 10.5. The van der Waals surface area contributed by atoms with Gasteiger partial charge in [-0.1, -0.05) is 65.4 Å². The summed E-state index contributed by atoms with van der Waals surface area (Å²) in [6.07, 6.45) is 0.875. The van der Waals surface area contributed by atoms with Crippen LogP contribution in [0.2, 0.25) is 5.02 Å². The molecule has 6 nitrogen and oxygen atoms in total. The summed E-state index contributed by atoms with van der Waals surface area (Å²) in [5.41, 5.74) is 2.55. The van der Waals surface area contributed by atoms with Crippen LogP contribution in [0.15, 0.2) is 53.6 Å². The number of hydroxylamine groups is 2. The highest BCUT2D eigenvalue weighted by Gasteiger charge is 2.50. The highest BCUT2D eigenvalue weighted by Crippen LogP contribution is 2.42. The topological polar surface area (TPSA) is 68.2 Å². The van der Waals surface area contributed by atoms with Gasteiger partial charge in [0.1, 0.15) is 0 Å². The van der Waals surface area contributed by atoms with Gasteiger partial charge in [0.25, 0.3) is 0 Å². The summed E-state index contributed by atoms with van der Waals surface area (Å²) in [6.45, 7) is 5.80. The van der Waals surface area contributed by atoms with E-state index in [-0.39, 0.29) is 0 Å². The summed E-state index contributed by atoms with van der Waals surface area (Å²) in [4.78, 5) is 12.6. The number of hydrazone groups is 1. The second kappa shape index (κ2) is 8.71. The van der Waals surface area contributed by atoms with Crippen LogP contribution in [0, 0.1) is 6.92 Å². The van der Waals surface area contributed by atoms with Gasteiger partial charge >= 0.3 is 6.03 Å². The standard InChI is InChI=1S/C20H21ClN4O2S2/c1-13-4-6-14(7-5-13)12-22-24-17(20(2,3)29-19(24)28)25(27)18(26)23-16-10-8-15(21)9-11-16/h4-12,17,27H,1-3H3,(H,23,26)/b22-12-/t17-/m0/s1. The molecule has 0 aromatic heterocycles. The van der Waals surface area contributed by atoms with Crippen molar-refractivity contribution in [2.24, 2.45) is 5.10 Å². The average Bonchev–Trinajstić information content (AvgIpc) is 2.90. The van der Waals surface area contributed by atoms with Crippen LogP contribution in [0.25, 0.3) is 0 Å². The normalized spacial score (nSPS) is 18.3. The molecule has 0 bridgehead atoms. The van der Waals surface area contributed by atoms with Crippen molar-refractivity contribution in [3.63, 3.8) is 0 Å². The quantitative estimate of drug-likeness (QED) is 0.286. The molecule has 0 unspecified atom stereocenters. The molecule has 152 valence electrons. The van der Waals surface area contributed by atoms with E-state index < -0.39 is 16.9 Å². The molecule has 0 saturated carbocycles. The number of benzene rings is 2. The molecule has 0 aliphatic carbocycles. The number of halogens is 1. The van der Waals surface area contributed by atoms with Gasteiger partial charge in [0, 0.05) is 10.7 Å². The molecule has 1 atom stereocenters. The fraction of sp³-hybridized carbons (Fsp3) is 0.250. The molecule has 2 aromatic carbocycles. The summed E-state index contributed by atoms with van der Waals surface area (Å²) < 4.78 is -0.102. The number of rotatable bonds is 4. The molecule has 2 amide bonds. The fourth-order valence-electron chi connectivity index (χ4n) is 2.83. The van der Waals surface area contributed by atoms with E-state index in [1.54, 1.807) is 30.5 Å². The second-order valence-electron chi connectivity index (χ2n) is 7.13. The lowest BCUT2D eigenvalue weighted by Crippen LogP contribution is -2.54. The van der Waals surface area contributed by atoms with Crippen molar-refractivity contribution in [2.75, 3.05) is 5.32 Å². The summed E-state index contributed by atoms with van der Waals surface area (Å²) >= 11 is 12.7. The van der Waals surface area contributed by atoms with Crippen LogP contribution in [0.3, 0.4) is 0 Å². The molecular weight excluding hydrogens is 428 g/mol. The Hall–Kier alpha value is -2.13. The Labute approximate surface area is 184 Å². The predicted molar refractivity (Wildman–Crippen MR) is 123 cm³/mol. The van der Waals surface area contributed by atoms with Crippen molar-refractivity contribution in [3.8, 4) is 0 Å². The van der Waals surface area contributed by atoms with Crippen molar-refractivity contribution in [1.82, 2.24) is 10.1 Å². The van der Waals surface area contributed by atoms with Gasteiger partial charge < -0.3 is 5.32 Å². The second-order valence-corrected chi connectivity index (χ2v) is 9.85. The Morgan fingerprint density at radius 2 is 1.90 bits per heavy atom. The van der Waals surface area contributed by atoms with E-state index in [4.69, 9.17) is 23.8 Å². The third-order valence-corrected chi connectivity index (χ3v) is 6.12. The van der Waals surface area contributed by atoms with Gasteiger partial charge in [-0.25, -0.2) is 9.80 Å². The van der Waals surface area contributed by atoms with Crippen molar-refractivity contribution in [1.29, 1.82) is 0 Å². The Bertz CT molecular complexity index is 933. The molecule has 1 aliphatic rings. The predicted octanol–water partition coefficient (Wildman–Crippen LogP) is 5.34. The minimum atomic E-state index is -0.783. The van der Waals surface area contributed by atoms with Crippen LogP contribution in [0.5, 0.6) is 0 Å². The van der Waals surface area contributed by atoms with Gasteiger partial charge in [0.15, 0.2) is 10.5 Å². The lowest BCUT2D eigenvalue weighted by Gasteiger charge is -2.34. The van der Waals surface area contributed by atoms with Gasteiger partial charge in [-0.15, -0.1) is 0 Å². The number of carbonyl (C=O) groups is 1. The van der Waals surface area contributed by atoms with Gasteiger partial charge in [-0.2, -0.15) is 10.2 Å². The molecule has 2 N–H and O–H groups in total. The highest BCUT2D eigenvalue weighted by molar-refractivity contribution is 8.24. The van der Waals surface area contributed by atoms with Crippen LogP contribution in [-0.2, 0) is 0 Å². The number of carbonyl (C=O) groups excluding carboxylic acids is 1. The fourth-order valence-corrected chi connectivity index (χ4v) is 4.75. The Morgan fingerprint density at radius 3 is 2.52 bits per heavy atom. The summed E-state index contributed by atoms with van der Waals surface area (Å²) in [7, 11) is 0. The zero-order chi connectivity index (χ0) is 21.2. The number of urea groups is 1. The SMILES string of the molecule is Cc1ccc(/C=N\N2C(=S)SC(C)(C)[C@@H]2N(O)C(=O)Nc2ccc(Cl)cc2)cc1.